The molecule has 0 fully saturated rings. The molecular formula is C18H15BrN6O. The summed E-state index contributed by atoms with van der Waals surface area (Å²) in [5.41, 5.74) is 2.89. The Bertz CT molecular complexity index is 980. The molecule has 26 heavy (non-hydrogen) atoms. The molecule has 7 nitrogen and oxygen atoms in total. The highest BCUT2D eigenvalue weighted by atomic mass is 79.9. The number of allylic oxidation sites excluding steroid dienone is 1. The SMILES string of the molecule is CC1=C(C(=O)Nc2cccnc2)[C@@H](c2ccc(Br)cc2)n2ncnc2N1. The van der Waals surface area contributed by atoms with Crippen LogP contribution in [0.25, 0.3) is 0 Å². The van der Waals surface area contributed by atoms with Crippen molar-refractivity contribution in [2.45, 2.75) is 13.0 Å². The van der Waals surface area contributed by atoms with Gasteiger partial charge in [-0.05, 0) is 36.8 Å². The molecule has 0 bridgehead atoms. The lowest BCUT2D eigenvalue weighted by atomic mass is 9.95. The number of amides is 1. The van der Waals surface area contributed by atoms with Crippen molar-refractivity contribution in [1.82, 2.24) is 19.7 Å². The van der Waals surface area contributed by atoms with Gasteiger partial charge in [-0.15, -0.1) is 0 Å². The third kappa shape index (κ3) is 2.99. The molecule has 0 saturated carbocycles. The van der Waals surface area contributed by atoms with Crippen LogP contribution in [0.4, 0.5) is 11.6 Å². The number of hydrogen-bond acceptors (Lipinski definition) is 5. The van der Waals surface area contributed by atoms with Crippen LogP contribution >= 0.6 is 15.9 Å². The topological polar surface area (TPSA) is 84.7 Å². The second kappa shape index (κ2) is 6.72. The zero-order valence-corrected chi connectivity index (χ0v) is 15.4. The highest BCUT2D eigenvalue weighted by molar-refractivity contribution is 9.10. The third-order valence-corrected chi connectivity index (χ3v) is 4.67. The fourth-order valence-electron chi connectivity index (χ4n) is 2.97. The van der Waals surface area contributed by atoms with Crippen LogP contribution < -0.4 is 10.6 Å². The molecule has 2 N–H and O–H groups in total. The summed E-state index contributed by atoms with van der Waals surface area (Å²) in [6.07, 6.45) is 4.75. The Morgan fingerprint density at radius 1 is 1.27 bits per heavy atom. The van der Waals surface area contributed by atoms with Gasteiger partial charge in [0, 0.05) is 16.4 Å². The van der Waals surface area contributed by atoms with Gasteiger partial charge in [-0.2, -0.15) is 10.1 Å². The minimum atomic E-state index is -0.376. The number of fused-ring (bicyclic) bond motifs is 1. The van der Waals surface area contributed by atoms with E-state index in [1.54, 1.807) is 29.2 Å². The number of nitrogens with zero attached hydrogens (tertiary/aromatic N) is 4. The van der Waals surface area contributed by atoms with Crippen LogP contribution in [0.2, 0.25) is 0 Å². The molecule has 130 valence electrons. The summed E-state index contributed by atoms with van der Waals surface area (Å²) < 4.78 is 2.69. The first-order valence-electron chi connectivity index (χ1n) is 7.97. The number of hydrogen-bond donors (Lipinski definition) is 2. The summed E-state index contributed by atoms with van der Waals surface area (Å²) in [5.74, 6) is 0.394. The van der Waals surface area contributed by atoms with E-state index in [9.17, 15) is 4.79 Å². The van der Waals surface area contributed by atoms with Crippen LogP contribution in [0.1, 0.15) is 18.5 Å². The molecule has 0 spiro atoms. The predicted octanol–water partition coefficient (Wildman–Crippen LogP) is 3.36. The number of pyridine rings is 1. The molecule has 1 aliphatic rings. The standard InChI is InChI=1S/C18H15BrN6O/c1-11-15(17(26)24-14-3-2-8-20-9-14)16(12-4-6-13(19)7-5-12)25-18(23-11)21-10-22-25/h2-10,16H,1H3,(H,24,26)(H,21,22,23)/t16-/m1/s1. The van der Waals surface area contributed by atoms with E-state index >= 15 is 0 Å². The van der Waals surface area contributed by atoms with Gasteiger partial charge in [0.15, 0.2) is 0 Å². The maximum absolute atomic E-state index is 13.1. The van der Waals surface area contributed by atoms with E-state index in [-0.39, 0.29) is 11.9 Å². The first kappa shape index (κ1) is 16.5. The Kier molecular flexibility index (Phi) is 4.26. The molecule has 3 heterocycles. The molecule has 0 unspecified atom stereocenters. The molecular weight excluding hydrogens is 396 g/mol. The lowest BCUT2D eigenvalue weighted by Gasteiger charge is -2.28. The summed E-state index contributed by atoms with van der Waals surface area (Å²) in [6.45, 7) is 1.86. The average molecular weight is 411 g/mol. The minimum absolute atomic E-state index is 0.211. The van der Waals surface area contributed by atoms with Crippen molar-refractivity contribution in [2.75, 3.05) is 10.6 Å². The second-order valence-corrected chi connectivity index (χ2v) is 6.76. The molecule has 2 aromatic heterocycles. The fourth-order valence-corrected chi connectivity index (χ4v) is 3.24. The maximum atomic E-state index is 13.1. The number of rotatable bonds is 3. The quantitative estimate of drug-likeness (QED) is 0.691. The van der Waals surface area contributed by atoms with Crippen molar-refractivity contribution < 1.29 is 4.79 Å². The molecule has 0 radical (unpaired) electrons. The van der Waals surface area contributed by atoms with Gasteiger partial charge in [-0.25, -0.2) is 4.68 Å². The Labute approximate surface area is 158 Å². The van der Waals surface area contributed by atoms with Crippen molar-refractivity contribution in [3.8, 4) is 0 Å². The van der Waals surface area contributed by atoms with Gasteiger partial charge in [-0.1, -0.05) is 28.1 Å². The highest BCUT2D eigenvalue weighted by Gasteiger charge is 2.33. The van der Waals surface area contributed by atoms with E-state index in [0.717, 1.165) is 15.7 Å². The monoisotopic (exact) mass is 410 g/mol. The van der Waals surface area contributed by atoms with E-state index in [1.165, 1.54) is 6.33 Å². The van der Waals surface area contributed by atoms with Crippen molar-refractivity contribution in [2.24, 2.45) is 0 Å². The molecule has 4 rings (SSSR count). The molecule has 8 heteroatoms. The van der Waals surface area contributed by atoms with Crippen LogP contribution in [0.15, 0.2) is 70.9 Å². The number of carbonyl (C=O) groups excluding carboxylic acids is 1. The Morgan fingerprint density at radius 3 is 2.81 bits per heavy atom. The van der Waals surface area contributed by atoms with E-state index in [1.807, 2.05) is 31.2 Å². The summed E-state index contributed by atoms with van der Waals surface area (Å²) >= 11 is 3.45. The van der Waals surface area contributed by atoms with Crippen LogP contribution in [-0.2, 0) is 4.79 Å². The van der Waals surface area contributed by atoms with Gasteiger partial charge in [0.05, 0.1) is 17.5 Å². The van der Waals surface area contributed by atoms with E-state index in [2.05, 4.69) is 41.6 Å². The second-order valence-electron chi connectivity index (χ2n) is 5.84. The largest absolute Gasteiger partial charge is 0.328 e. The van der Waals surface area contributed by atoms with Gasteiger partial charge in [0.25, 0.3) is 5.91 Å². The summed E-state index contributed by atoms with van der Waals surface area (Å²) in [4.78, 5) is 21.3. The van der Waals surface area contributed by atoms with Crippen molar-refractivity contribution in [3.05, 3.63) is 76.4 Å². The van der Waals surface area contributed by atoms with Crippen LogP contribution in [0.3, 0.4) is 0 Å². The lowest BCUT2D eigenvalue weighted by molar-refractivity contribution is -0.113. The van der Waals surface area contributed by atoms with E-state index in [4.69, 9.17) is 0 Å². The number of benzene rings is 1. The van der Waals surface area contributed by atoms with Crippen molar-refractivity contribution in [1.29, 1.82) is 0 Å². The molecule has 1 aliphatic heterocycles. The molecule has 1 atom stereocenters. The highest BCUT2D eigenvalue weighted by Crippen LogP contribution is 2.35. The zero-order valence-electron chi connectivity index (χ0n) is 13.8. The number of halogens is 1. The van der Waals surface area contributed by atoms with Gasteiger partial charge in [0.1, 0.15) is 12.4 Å². The Hall–Kier alpha value is -3.00. The number of anilines is 2. The van der Waals surface area contributed by atoms with E-state index < -0.39 is 0 Å². The minimum Gasteiger partial charge on any atom is -0.328 e. The van der Waals surface area contributed by atoms with Crippen LogP contribution in [-0.4, -0.2) is 25.7 Å². The lowest BCUT2D eigenvalue weighted by Crippen LogP contribution is -2.31. The Morgan fingerprint density at radius 2 is 2.08 bits per heavy atom. The van der Waals surface area contributed by atoms with Gasteiger partial charge in [-0.3, -0.25) is 9.78 Å². The maximum Gasteiger partial charge on any atom is 0.255 e. The summed E-state index contributed by atoms with van der Waals surface area (Å²) in [7, 11) is 0. The summed E-state index contributed by atoms with van der Waals surface area (Å²) in [5, 5.41) is 10.4. The van der Waals surface area contributed by atoms with Crippen molar-refractivity contribution >= 4 is 33.5 Å². The molecule has 0 aliphatic carbocycles. The fraction of sp³-hybridized carbons (Fsp3) is 0.111. The average Bonchev–Trinajstić information content (AvgIpc) is 3.10. The molecule has 1 amide bonds. The normalized spacial score (nSPS) is 16.0. The van der Waals surface area contributed by atoms with Gasteiger partial charge >= 0.3 is 0 Å². The van der Waals surface area contributed by atoms with Gasteiger partial charge < -0.3 is 10.6 Å². The molecule has 1 aromatic carbocycles. The first-order chi connectivity index (χ1) is 12.6. The van der Waals surface area contributed by atoms with Crippen LogP contribution in [0, 0.1) is 0 Å². The number of carbonyl (C=O) groups is 1. The summed E-state index contributed by atoms with van der Waals surface area (Å²) in [6, 6.07) is 11.0. The zero-order chi connectivity index (χ0) is 18.1. The first-order valence-corrected chi connectivity index (χ1v) is 8.77. The van der Waals surface area contributed by atoms with Gasteiger partial charge in [0.2, 0.25) is 5.95 Å². The van der Waals surface area contributed by atoms with E-state index in [0.29, 0.717) is 17.2 Å². The number of nitrogens with one attached hydrogen (secondary N) is 2. The molecule has 3 aromatic rings. The van der Waals surface area contributed by atoms with Crippen molar-refractivity contribution in [3.63, 3.8) is 0 Å². The van der Waals surface area contributed by atoms with Crippen LogP contribution in [0.5, 0.6) is 0 Å². The predicted molar refractivity (Wildman–Crippen MR) is 101 cm³/mol. The smallest absolute Gasteiger partial charge is 0.255 e. The Balaban J connectivity index is 1.77. The third-order valence-electron chi connectivity index (χ3n) is 4.14. The molecule has 0 saturated heterocycles. The number of aromatic nitrogens is 4.